The molecule has 0 saturated carbocycles. The SMILES string of the molecule is CC/C=C\C/C=C\C/C=C\C/C=C\CCCCCCCCCCCCCCCCCCCCCCCCCCC(=O)NC(COC1OC(CO)C(OC2OC(CO)C(OC3OC(CO)C(O)C(O)C3O)C(O)C2O)C(O)C1O)C(O)/C=C/CCCCCCCCCCCCCCC. The number of aliphatic hydroxyl groups is 11. The van der Waals surface area contributed by atoms with Crippen LogP contribution in [0.5, 0.6) is 0 Å². The van der Waals surface area contributed by atoms with Gasteiger partial charge in [0.2, 0.25) is 5.91 Å². The summed E-state index contributed by atoms with van der Waals surface area (Å²) in [5.74, 6) is -0.271. The summed E-state index contributed by atoms with van der Waals surface area (Å²) in [6.07, 6.45) is 48.0. The molecule has 1 amide bonds. The molecule has 0 bridgehead atoms. The average Bonchev–Trinajstić information content (AvgIpc) is 0.789. The molecule has 3 heterocycles. The van der Waals surface area contributed by atoms with Gasteiger partial charge in [-0.3, -0.25) is 4.79 Å². The molecule has 566 valence electrons. The summed E-state index contributed by atoms with van der Waals surface area (Å²) in [4.78, 5) is 13.4. The van der Waals surface area contributed by atoms with Crippen molar-refractivity contribution in [3.63, 3.8) is 0 Å². The quantitative estimate of drug-likeness (QED) is 0.0199. The van der Waals surface area contributed by atoms with Crippen molar-refractivity contribution in [2.24, 2.45) is 0 Å². The number of amides is 1. The van der Waals surface area contributed by atoms with Gasteiger partial charge in [-0.1, -0.05) is 293 Å². The van der Waals surface area contributed by atoms with Crippen LogP contribution in [0.3, 0.4) is 0 Å². The van der Waals surface area contributed by atoms with Gasteiger partial charge in [-0.05, 0) is 57.8 Å². The highest BCUT2D eigenvalue weighted by molar-refractivity contribution is 5.76. The zero-order valence-electron chi connectivity index (χ0n) is 60.3. The van der Waals surface area contributed by atoms with Gasteiger partial charge in [0, 0.05) is 6.42 Å². The topological polar surface area (TPSA) is 307 Å². The molecule has 17 atom stereocenters. The molecule has 3 rings (SSSR count). The van der Waals surface area contributed by atoms with Gasteiger partial charge in [0.1, 0.15) is 73.2 Å². The Morgan fingerprint density at radius 2 is 0.711 bits per heavy atom. The maximum Gasteiger partial charge on any atom is 0.220 e. The lowest BCUT2D eigenvalue weighted by atomic mass is 9.96. The summed E-state index contributed by atoms with van der Waals surface area (Å²) in [5.41, 5.74) is 0. The van der Waals surface area contributed by atoms with Crippen LogP contribution in [-0.4, -0.2) is 193 Å². The molecule has 3 aliphatic heterocycles. The molecular formula is C78H141NO18. The van der Waals surface area contributed by atoms with Crippen molar-refractivity contribution in [3.05, 3.63) is 60.8 Å². The van der Waals surface area contributed by atoms with Crippen LogP contribution >= 0.6 is 0 Å². The lowest BCUT2D eigenvalue weighted by Crippen LogP contribution is -2.66. The molecule has 97 heavy (non-hydrogen) atoms. The standard InChI is InChI=1S/C78H141NO18/c1-3-5-7-9-11-13-15-17-19-20-21-22-23-24-25-26-27-28-29-30-31-32-33-34-35-36-37-38-39-40-42-44-46-48-50-52-54-56-66(84)79-61(62(83)55-53-51-49-47-45-43-41-18-16-14-12-10-8-6-4-2)60-92-76-72(90)69(87)74(64(58-81)94-76)97-78-73(91)70(88)75(65(59-82)95-78)96-77-71(89)68(86)67(85)63(57-80)93-77/h5,7,11,13,17,19,21-22,53,55,61-65,67-78,80-83,85-91H,3-4,6,8-10,12,14-16,18,20,23-52,54,56-60H2,1-2H3,(H,79,84)/b7-5-,13-11-,19-17-,22-21-,55-53+. The molecule has 0 aromatic heterocycles. The Balaban J connectivity index is 1.31. The summed E-state index contributed by atoms with van der Waals surface area (Å²) >= 11 is 0. The first-order chi connectivity index (χ1) is 47.3. The maximum absolute atomic E-state index is 13.4. The summed E-state index contributed by atoms with van der Waals surface area (Å²) in [6, 6.07) is -0.972. The molecule has 12 N–H and O–H groups in total. The summed E-state index contributed by atoms with van der Waals surface area (Å²) < 4.78 is 34.4. The molecule has 19 nitrogen and oxygen atoms in total. The van der Waals surface area contributed by atoms with Crippen molar-refractivity contribution in [1.82, 2.24) is 5.32 Å². The Bertz CT molecular complexity index is 1990. The first-order valence-corrected chi connectivity index (χ1v) is 39.0. The minimum atomic E-state index is -1.98. The Hall–Kier alpha value is -2.51. The monoisotopic (exact) mass is 1380 g/mol. The molecule has 0 aromatic rings. The average molecular weight is 1380 g/mol. The Morgan fingerprint density at radius 1 is 0.381 bits per heavy atom. The number of ether oxygens (including phenoxy) is 6. The van der Waals surface area contributed by atoms with Crippen LogP contribution < -0.4 is 5.32 Å². The molecule has 3 saturated heterocycles. The van der Waals surface area contributed by atoms with Gasteiger partial charge in [0.25, 0.3) is 0 Å². The van der Waals surface area contributed by atoms with Crippen LogP contribution in [-0.2, 0) is 33.2 Å². The van der Waals surface area contributed by atoms with Gasteiger partial charge in [0.15, 0.2) is 18.9 Å². The second kappa shape index (κ2) is 58.9. The number of allylic oxidation sites excluding steroid dienone is 9. The van der Waals surface area contributed by atoms with E-state index in [4.69, 9.17) is 28.4 Å². The Kier molecular flexibility index (Phi) is 53.9. The summed E-state index contributed by atoms with van der Waals surface area (Å²) in [6.45, 7) is 1.64. The second-order valence-corrected chi connectivity index (χ2v) is 27.8. The van der Waals surface area contributed by atoms with Crippen molar-refractivity contribution in [1.29, 1.82) is 0 Å². The minimum Gasteiger partial charge on any atom is -0.394 e. The van der Waals surface area contributed by atoms with Gasteiger partial charge >= 0.3 is 0 Å². The number of nitrogens with one attached hydrogen (secondary N) is 1. The van der Waals surface area contributed by atoms with Gasteiger partial charge in [-0.2, -0.15) is 0 Å². The third kappa shape index (κ3) is 39.6. The summed E-state index contributed by atoms with van der Waals surface area (Å²) in [7, 11) is 0. The third-order valence-corrected chi connectivity index (χ3v) is 19.3. The van der Waals surface area contributed by atoms with E-state index in [0.29, 0.717) is 6.42 Å². The number of hydrogen-bond acceptors (Lipinski definition) is 18. The lowest BCUT2D eigenvalue weighted by molar-refractivity contribution is -0.379. The molecule has 0 radical (unpaired) electrons. The second-order valence-electron chi connectivity index (χ2n) is 27.8. The molecule has 17 unspecified atom stereocenters. The maximum atomic E-state index is 13.4. The zero-order valence-corrected chi connectivity index (χ0v) is 60.3. The predicted octanol–water partition coefficient (Wildman–Crippen LogP) is 12.3. The fraction of sp³-hybridized carbons (Fsp3) is 0.859. The van der Waals surface area contributed by atoms with Crippen molar-refractivity contribution in [3.8, 4) is 0 Å². The number of carbonyl (C=O) groups is 1. The highest BCUT2D eigenvalue weighted by Crippen LogP contribution is 2.33. The van der Waals surface area contributed by atoms with Crippen molar-refractivity contribution in [2.45, 2.75) is 401 Å². The molecule has 19 heteroatoms. The van der Waals surface area contributed by atoms with Crippen molar-refractivity contribution >= 4 is 5.91 Å². The van der Waals surface area contributed by atoms with E-state index in [2.05, 4.69) is 67.8 Å². The van der Waals surface area contributed by atoms with Crippen LogP contribution in [0.4, 0.5) is 0 Å². The smallest absolute Gasteiger partial charge is 0.220 e. The molecule has 0 aromatic carbocycles. The molecule has 0 aliphatic carbocycles. The van der Waals surface area contributed by atoms with E-state index < -0.39 is 124 Å². The van der Waals surface area contributed by atoms with E-state index in [0.717, 1.165) is 70.6 Å². The van der Waals surface area contributed by atoms with Gasteiger partial charge in [-0.25, -0.2) is 0 Å². The van der Waals surface area contributed by atoms with E-state index in [1.807, 2.05) is 6.08 Å². The first-order valence-electron chi connectivity index (χ1n) is 39.0. The van der Waals surface area contributed by atoms with Crippen molar-refractivity contribution in [2.75, 3.05) is 26.4 Å². The largest absolute Gasteiger partial charge is 0.394 e. The molecular weight excluding hydrogens is 1240 g/mol. The van der Waals surface area contributed by atoms with Crippen LogP contribution in [0.1, 0.15) is 296 Å². The number of aliphatic hydroxyl groups excluding tert-OH is 11. The van der Waals surface area contributed by atoms with Gasteiger partial charge in [0.05, 0.1) is 38.6 Å². The summed E-state index contributed by atoms with van der Waals surface area (Å²) in [5, 5.41) is 121. The van der Waals surface area contributed by atoms with Crippen LogP contribution in [0.2, 0.25) is 0 Å². The highest BCUT2D eigenvalue weighted by Gasteiger charge is 2.53. The Morgan fingerprint density at radius 3 is 1.11 bits per heavy atom. The highest BCUT2D eigenvalue weighted by atomic mass is 16.8. The number of carbonyl (C=O) groups excluding carboxylic acids is 1. The normalized spacial score (nSPS) is 27.2. The Labute approximate surface area is 586 Å². The van der Waals surface area contributed by atoms with E-state index >= 15 is 0 Å². The van der Waals surface area contributed by atoms with E-state index in [1.54, 1.807) is 6.08 Å². The van der Waals surface area contributed by atoms with E-state index in [1.165, 1.54) is 199 Å². The minimum absolute atomic E-state index is 0.246. The zero-order chi connectivity index (χ0) is 70.4. The number of hydrogen-bond donors (Lipinski definition) is 12. The first kappa shape index (κ1) is 88.7. The third-order valence-electron chi connectivity index (χ3n) is 19.3. The fourth-order valence-electron chi connectivity index (χ4n) is 13.1. The van der Waals surface area contributed by atoms with Gasteiger partial charge in [-0.15, -0.1) is 0 Å². The molecule has 3 fully saturated rings. The predicted molar refractivity (Wildman–Crippen MR) is 383 cm³/mol. The number of rotatable bonds is 61. The van der Waals surface area contributed by atoms with Crippen LogP contribution in [0, 0.1) is 0 Å². The van der Waals surface area contributed by atoms with Crippen LogP contribution in [0.25, 0.3) is 0 Å². The number of unbranched alkanes of at least 4 members (excludes halogenated alkanes) is 37. The van der Waals surface area contributed by atoms with E-state index in [-0.39, 0.29) is 18.9 Å². The van der Waals surface area contributed by atoms with Crippen molar-refractivity contribution < 1.29 is 89.4 Å². The molecule has 3 aliphatic rings. The van der Waals surface area contributed by atoms with Gasteiger partial charge < -0.3 is 89.9 Å². The molecule has 0 spiro atoms. The fourth-order valence-corrected chi connectivity index (χ4v) is 13.1. The van der Waals surface area contributed by atoms with E-state index in [9.17, 15) is 61.0 Å². The lowest BCUT2D eigenvalue weighted by Gasteiger charge is -2.48. The van der Waals surface area contributed by atoms with Crippen LogP contribution in [0.15, 0.2) is 60.8 Å².